The fourth-order valence-corrected chi connectivity index (χ4v) is 4.31. The van der Waals surface area contributed by atoms with Crippen molar-refractivity contribution < 1.29 is 37.7 Å². The van der Waals surface area contributed by atoms with Gasteiger partial charge < -0.3 is 24.6 Å². The van der Waals surface area contributed by atoms with Crippen molar-refractivity contribution in [1.29, 1.82) is 0 Å². The van der Waals surface area contributed by atoms with E-state index in [0.717, 1.165) is 5.56 Å². The highest BCUT2D eigenvalue weighted by Crippen LogP contribution is 2.52. The summed E-state index contributed by atoms with van der Waals surface area (Å²) in [5, 5.41) is 12.3. The molecule has 1 saturated carbocycles. The monoisotopic (exact) mass is 481 g/mol. The van der Waals surface area contributed by atoms with Gasteiger partial charge in [-0.1, -0.05) is 12.1 Å². The van der Waals surface area contributed by atoms with Gasteiger partial charge in [-0.25, -0.2) is 4.79 Å². The number of rotatable bonds is 6. The first-order valence-corrected chi connectivity index (χ1v) is 10.9. The molecule has 0 aromatic heterocycles. The van der Waals surface area contributed by atoms with Crippen LogP contribution in [0, 0.1) is 6.92 Å². The molecule has 35 heavy (non-hydrogen) atoms. The van der Waals surface area contributed by atoms with E-state index >= 15 is 0 Å². The molecule has 1 aliphatic carbocycles. The van der Waals surface area contributed by atoms with Crippen LogP contribution in [0.15, 0.2) is 54.6 Å². The molecule has 2 aliphatic rings. The summed E-state index contributed by atoms with van der Waals surface area (Å²) in [6.07, 6.45) is -2.61. The smallest absolute Gasteiger partial charge is 0.496 e. The number of alkyl halides is 2. The van der Waals surface area contributed by atoms with E-state index in [1.165, 1.54) is 31.4 Å². The van der Waals surface area contributed by atoms with E-state index in [-0.39, 0.29) is 23.0 Å². The summed E-state index contributed by atoms with van der Waals surface area (Å²) in [6, 6.07) is 14.3. The number of hydrogen-bond acceptors (Lipinski definition) is 5. The number of carboxylic acids is 1. The molecule has 9 heteroatoms. The molecular weight excluding hydrogens is 460 g/mol. The second-order valence-corrected chi connectivity index (χ2v) is 8.62. The summed E-state index contributed by atoms with van der Waals surface area (Å²) in [5.74, 6) is -1.01. The molecule has 2 N–H and O–H groups in total. The molecule has 3 aromatic carbocycles. The summed E-state index contributed by atoms with van der Waals surface area (Å²) in [5.41, 5.74) is 2.48. The summed E-state index contributed by atoms with van der Waals surface area (Å²) in [7, 11) is 1.50. The zero-order valence-corrected chi connectivity index (χ0v) is 18.9. The molecule has 0 saturated heterocycles. The predicted molar refractivity (Wildman–Crippen MR) is 122 cm³/mol. The lowest BCUT2D eigenvalue weighted by Gasteiger charge is -2.18. The van der Waals surface area contributed by atoms with Crippen molar-refractivity contribution >= 4 is 17.6 Å². The number of fused-ring (bicyclic) bond motifs is 1. The van der Waals surface area contributed by atoms with Crippen LogP contribution >= 0.6 is 0 Å². The molecule has 0 bridgehead atoms. The summed E-state index contributed by atoms with van der Waals surface area (Å²) in [4.78, 5) is 24.8. The Morgan fingerprint density at radius 3 is 2.40 bits per heavy atom. The number of nitrogens with one attached hydrogen (secondary N) is 1. The Hall–Kier alpha value is -4.14. The van der Waals surface area contributed by atoms with Gasteiger partial charge in [0.2, 0.25) is 5.91 Å². The van der Waals surface area contributed by atoms with Crippen molar-refractivity contribution in [1.82, 2.24) is 0 Å². The van der Waals surface area contributed by atoms with Crippen molar-refractivity contribution in [3.05, 3.63) is 71.3 Å². The quantitative estimate of drug-likeness (QED) is 0.492. The van der Waals surface area contributed by atoms with Crippen LogP contribution in [0.1, 0.15) is 34.3 Å². The van der Waals surface area contributed by atoms with Crippen molar-refractivity contribution in [3.8, 4) is 28.4 Å². The number of aromatic carboxylic acids is 1. The minimum absolute atomic E-state index is 0.0735. The molecule has 5 rings (SSSR count). The third-order valence-corrected chi connectivity index (χ3v) is 6.37. The van der Waals surface area contributed by atoms with E-state index in [4.69, 9.17) is 4.74 Å². The second kappa shape index (κ2) is 7.97. The molecule has 7 nitrogen and oxygen atoms in total. The average molecular weight is 481 g/mol. The van der Waals surface area contributed by atoms with Crippen molar-refractivity contribution in [3.63, 3.8) is 0 Å². The Balaban J connectivity index is 1.44. The molecule has 1 amide bonds. The minimum Gasteiger partial charge on any atom is -0.496 e. The van der Waals surface area contributed by atoms with Gasteiger partial charge >= 0.3 is 12.3 Å². The number of amides is 1. The number of halogens is 2. The number of hydrogen-bond donors (Lipinski definition) is 2. The van der Waals surface area contributed by atoms with Gasteiger partial charge in [-0.15, -0.1) is 8.78 Å². The van der Waals surface area contributed by atoms with Crippen molar-refractivity contribution in [2.45, 2.75) is 31.5 Å². The average Bonchev–Trinajstić information content (AvgIpc) is 3.57. The maximum Gasteiger partial charge on any atom is 0.586 e. The van der Waals surface area contributed by atoms with Gasteiger partial charge in [0, 0.05) is 11.3 Å². The van der Waals surface area contributed by atoms with E-state index in [2.05, 4.69) is 14.8 Å². The maximum absolute atomic E-state index is 13.4. The zero-order valence-electron chi connectivity index (χ0n) is 18.9. The Morgan fingerprint density at radius 1 is 0.971 bits per heavy atom. The highest BCUT2D eigenvalue weighted by Gasteiger charge is 2.52. The number of aryl methyl sites for hydroxylation is 1. The number of benzene rings is 3. The van der Waals surface area contributed by atoms with Gasteiger partial charge in [-0.05, 0) is 78.9 Å². The SMILES string of the molecule is COc1ccc(C(=O)O)cc1-c1cc(NC(=O)C2(c3ccc4c(c3)OC(F)(F)O4)CC2)ccc1C. The molecule has 1 aliphatic heterocycles. The first-order valence-electron chi connectivity index (χ1n) is 10.9. The van der Waals surface area contributed by atoms with Gasteiger partial charge in [0.25, 0.3) is 0 Å². The molecule has 0 spiro atoms. The highest BCUT2D eigenvalue weighted by molar-refractivity contribution is 6.02. The van der Waals surface area contributed by atoms with Gasteiger partial charge in [-0.3, -0.25) is 4.79 Å². The Kier molecular flexibility index (Phi) is 5.16. The van der Waals surface area contributed by atoms with Crippen LogP contribution in [-0.4, -0.2) is 30.4 Å². The normalized spacial score (nSPS) is 16.5. The Bertz CT molecular complexity index is 1370. The van der Waals surface area contributed by atoms with Crippen LogP contribution in [0.5, 0.6) is 17.2 Å². The molecule has 0 radical (unpaired) electrons. The van der Waals surface area contributed by atoms with Crippen LogP contribution in [0.25, 0.3) is 11.1 Å². The number of anilines is 1. The molecule has 3 aromatic rings. The second-order valence-electron chi connectivity index (χ2n) is 8.62. The number of carbonyl (C=O) groups is 2. The summed E-state index contributed by atoms with van der Waals surface area (Å²) in [6.45, 7) is 1.87. The summed E-state index contributed by atoms with van der Waals surface area (Å²) < 4.78 is 41.2. The molecule has 1 fully saturated rings. The van der Waals surface area contributed by atoms with Crippen LogP contribution in [0.3, 0.4) is 0 Å². The largest absolute Gasteiger partial charge is 0.586 e. The topological polar surface area (TPSA) is 94.1 Å². The first-order chi connectivity index (χ1) is 16.6. The molecular formula is C26H21F2NO6. The number of carbonyl (C=O) groups excluding carboxylic acids is 1. The lowest BCUT2D eigenvalue weighted by Crippen LogP contribution is -2.28. The third kappa shape index (κ3) is 4.03. The van der Waals surface area contributed by atoms with Crippen molar-refractivity contribution in [2.75, 3.05) is 12.4 Å². The molecule has 0 unspecified atom stereocenters. The first kappa shape index (κ1) is 22.6. The van der Waals surface area contributed by atoms with E-state index in [9.17, 15) is 23.5 Å². The number of carboxylic acid groups (broad SMARTS) is 1. The van der Waals surface area contributed by atoms with Gasteiger partial charge in [0.15, 0.2) is 11.5 Å². The van der Waals surface area contributed by atoms with E-state index in [1.54, 1.807) is 24.3 Å². The van der Waals surface area contributed by atoms with Crippen LogP contribution < -0.4 is 19.5 Å². The lowest BCUT2D eigenvalue weighted by atomic mass is 9.94. The van der Waals surface area contributed by atoms with E-state index < -0.39 is 17.7 Å². The predicted octanol–water partition coefficient (Wildman–Crippen LogP) is 5.36. The number of ether oxygens (including phenoxy) is 3. The fraction of sp³-hybridized carbons (Fsp3) is 0.231. The Labute approximate surface area is 199 Å². The van der Waals surface area contributed by atoms with Gasteiger partial charge in [0.05, 0.1) is 18.1 Å². The third-order valence-electron chi connectivity index (χ3n) is 6.37. The molecule has 180 valence electrons. The summed E-state index contributed by atoms with van der Waals surface area (Å²) >= 11 is 0. The fourth-order valence-electron chi connectivity index (χ4n) is 4.31. The van der Waals surface area contributed by atoms with Gasteiger partial charge in [-0.2, -0.15) is 0 Å². The minimum atomic E-state index is -3.72. The zero-order chi connectivity index (χ0) is 25.0. The highest BCUT2D eigenvalue weighted by atomic mass is 19.3. The number of methoxy groups -OCH3 is 1. The molecule has 1 heterocycles. The van der Waals surface area contributed by atoms with Crippen LogP contribution in [0.4, 0.5) is 14.5 Å². The lowest BCUT2D eigenvalue weighted by molar-refractivity contribution is -0.286. The van der Waals surface area contributed by atoms with Crippen LogP contribution in [0.2, 0.25) is 0 Å². The van der Waals surface area contributed by atoms with Gasteiger partial charge in [0.1, 0.15) is 5.75 Å². The Morgan fingerprint density at radius 2 is 1.71 bits per heavy atom. The molecule has 0 atom stereocenters. The van der Waals surface area contributed by atoms with Crippen LogP contribution in [-0.2, 0) is 10.2 Å². The van der Waals surface area contributed by atoms with E-state index in [0.29, 0.717) is 41.0 Å². The maximum atomic E-state index is 13.4. The standard InChI is InChI=1S/C26H21F2NO6/c1-14-3-6-17(13-18(14)19-11-15(23(30)31)4-7-20(19)33-2)29-24(32)25(9-10-25)16-5-8-21-22(12-16)35-26(27,28)34-21/h3-8,11-13H,9-10H2,1-2H3,(H,29,32)(H,30,31). The van der Waals surface area contributed by atoms with Crippen molar-refractivity contribution in [2.24, 2.45) is 0 Å². The van der Waals surface area contributed by atoms with E-state index in [1.807, 2.05) is 13.0 Å².